The zero-order chi connectivity index (χ0) is 6.69. The Kier molecular flexibility index (Phi) is 2.45. The second-order valence-electron chi connectivity index (χ2n) is 2.21. The fraction of sp³-hybridized carbons (Fsp3) is 1.00. The fourth-order valence-electron chi connectivity index (χ4n) is 0.926. The first kappa shape index (κ1) is 6.99. The number of hydrogen-bond donors (Lipinski definition) is 1. The highest BCUT2D eigenvalue weighted by molar-refractivity contribution is 4.71. The summed E-state index contributed by atoms with van der Waals surface area (Å²) in [6.07, 6.45) is 0.251. The molecule has 3 heteroatoms. The zero-order valence-electron chi connectivity index (χ0n) is 5.54. The molecule has 1 aliphatic rings. The minimum atomic E-state index is -0.330. The Labute approximate surface area is 54.6 Å². The summed E-state index contributed by atoms with van der Waals surface area (Å²) in [7, 11) is 1.59. The monoisotopic (exact) mass is 132 g/mol. The Morgan fingerprint density at radius 2 is 2.44 bits per heavy atom. The van der Waals surface area contributed by atoms with Crippen LogP contribution in [0.4, 0.5) is 0 Å². The smallest absolute Gasteiger partial charge is 0.106 e. The van der Waals surface area contributed by atoms with Crippen molar-refractivity contribution in [3.8, 4) is 0 Å². The molecule has 9 heavy (non-hydrogen) atoms. The van der Waals surface area contributed by atoms with Crippen molar-refractivity contribution in [1.82, 2.24) is 0 Å². The van der Waals surface area contributed by atoms with Gasteiger partial charge in [0.1, 0.15) is 6.10 Å². The third-order valence-corrected chi connectivity index (χ3v) is 1.57. The second kappa shape index (κ2) is 3.15. The van der Waals surface area contributed by atoms with Crippen LogP contribution in [-0.2, 0) is 9.47 Å². The lowest BCUT2D eigenvalue weighted by Crippen LogP contribution is -2.37. The Morgan fingerprint density at radius 1 is 1.67 bits per heavy atom. The van der Waals surface area contributed by atoms with E-state index in [9.17, 15) is 0 Å². The van der Waals surface area contributed by atoms with Gasteiger partial charge in [-0.2, -0.15) is 0 Å². The molecule has 1 N–H and O–H groups in total. The predicted octanol–water partition coefficient (Wildman–Crippen LogP) is -0.217. The van der Waals surface area contributed by atoms with E-state index in [1.165, 1.54) is 0 Å². The van der Waals surface area contributed by atoms with E-state index in [0.717, 1.165) is 0 Å². The summed E-state index contributed by atoms with van der Waals surface area (Å²) in [5.74, 6) is 0. The van der Waals surface area contributed by atoms with Gasteiger partial charge in [-0.3, -0.25) is 0 Å². The highest BCUT2D eigenvalue weighted by Gasteiger charge is 2.22. The molecule has 54 valence electrons. The molecule has 0 bridgehead atoms. The summed E-state index contributed by atoms with van der Waals surface area (Å²) >= 11 is 0. The maximum absolute atomic E-state index is 9.16. The quantitative estimate of drug-likeness (QED) is 0.536. The van der Waals surface area contributed by atoms with Gasteiger partial charge < -0.3 is 14.6 Å². The highest BCUT2D eigenvalue weighted by atomic mass is 16.5. The van der Waals surface area contributed by atoms with Crippen molar-refractivity contribution >= 4 is 0 Å². The Bertz CT molecular complexity index is 84.4. The Morgan fingerprint density at radius 3 is 2.89 bits per heavy atom. The third-order valence-electron chi connectivity index (χ3n) is 1.57. The van der Waals surface area contributed by atoms with Gasteiger partial charge in [0.05, 0.1) is 12.7 Å². The van der Waals surface area contributed by atoms with Gasteiger partial charge in [-0.25, -0.2) is 0 Å². The van der Waals surface area contributed by atoms with E-state index in [1.807, 2.05) is 0 Å². The lowest BCUT2D eigenvalue weighted by molar-refractivity contribution is -0.102. The minimum Gasteiger partial charge on any atom is -0.390 e. The Balaban J connectivity index is 2.30. The lowest BCUT2D eigenvalue weighted by atomic mass is 10.1. The van der Waals surface area contributed by atoms with Gasteiger partial charge in [-0.15, -0.1) is 0 Å². The number of ether oxygens (including phenoxy) is 2. The van der Waals surface area contributed by atoms with Gasteiger partial charge in [0.25, 0.3) is 0 Å². The Hall–Kier alpha value is -0.120. The van der Waals surface area contributed by atoms with Crippen LogP contribution in [0.25, 0.3) is 0 Å². The maximum Gasteiger partial charge on any atom is 0.106 e. The highest BCUT2D eigenvalue weighted by Crippen LogP contribution is 2.09. The number of methoxy groups -OCH3 is 1. The largest absolute Gasteiger partial charge is 0.390 e. The molecule has 2 atom stereocenters. The van der Waals surface area contributed by atoms with Crippen LogP contribution in [-0.4, -0.2) is 37.6 Å². The first-order valence-corrected chi connectivity index (χ1v) is 3.13. The topological polar surface area (TPSA) is 38.7 Å². The van der Waals surface area contributed by atoms with Crippen molar-refractivity contribution in [1.29, 1.82) is 0 Å². The average Bonchev–Trinajstić information content (AvgIpc) is 1.89. The van der Waals surface area contributed by atoms with E-state index >= 15 is 0 Å². The normalized spacial score (nSPS) is 36.7. The molecule has 3 nitrogen and oxygen atoms in total. The molecule has 0 aromatic rings. The van der Waals surface area contributed by atoms with Gasteiger partial charge in [0.2, 0.25) is 0 Å². The molecule has 0 aliphatic carbocycles. The molecule has 1 fully saturated rings. The van der Waals surface area contributed by atoms with Crippen LogP contribution in [0, 0.1) is 0 Å². The molecule has 1 rings (SSSR count). The van der Waals surface area contributed by atoms with Gasteiger partial charge in [-0.05, 0) is 6.42 Å². The standard InChI is InChI=1S/C6H12O3/c1-8-6-4-9-3-2-5(6)7/h5-7H,2-4H2,1H3/t5-,6+/m1/s1. The zero-order valence-corrected chi connectivity index (χ0v) is 5.54. The van der Waals surface area contributed by atoms with Crippen molar-refractivity contribution in [2.75, 3.05) is 20.3 Å². The van der Waals surface area contributed by atoms with E-state index in [-0.39, 0.29) is 12.2 Å². The van der Waals surface area contributed by atoms with Crippen molar-refractivity contribution < 1.29 is 14.6 Å². The van der Waals surface area contributed by atoms with Crippen LogP contribution in [0.15, 0.2) is 0 Å². The van der Waals surface area contributed by atoms with Crippen LogP contribution in [0.1, 0.15) is 6.42 Å². The summed E-state index contributed by atoms with van der Waals surface area (Å²) in [5, 5.41) is 9.16. The van der Waals surface area contributed by atoms with Crippen LogP contribution in [0.3, 0.4) is 0 Å². The van der Waals surface area contributed by atoms with Crippen LogP contribution < -0.4 is 0 Å². The van der Waals surface area contributed by atoms with Crippen molar-refractivity contribution in [3.05, 3.63) is 0 Å². The number of hydrogen-bond acceptors (Lipinski definition) is 3. The van der Waals surface area contributed by atoms with Crippen molar-refractivity contribution in [2.45, 2.75) is 18.6 Å². The summed E-state index contributed by atoms with van der Waals surface area (Å²) in [4.78, 5) is 0. The molecule has 0 spiro atoms. The van der Waals surface area contributed by atoms with Gasteiger partial charge in [0.15, 0.2) is 0 Å². The van der Waals surface area contributed by atoms with Crippen LogP contribution >= 0.6 is 0 Å². The SMILES string of the molecule is CO[C@H]1COCC[C@H]1O. The summed E-state index contributed by atoms with van der Waals surface area (Å²) in [6.45, 7) is 1.18. The van der Waals surface area contributed by atoms with Crippen molar-refractivity contribution in [2.24, 2.45) is 0 Å². The molecule has 1 saturated heterocycles. The van der Waals surface area contributed by atoms with Crippen LogP contribution in [0.5, 0.6) is 0 Å². The maximum atomic E-state index is 9.16. The first-order chi connectivity index (χ1) is 4.34. The molecular formula is C6H12O3. The molecule has 1 heterocycles. The molecule has 0 radical (unpaired) electrons. The predicted molar refractivity (Wildman–Crippen MR) is 32.2 cm³/mol. The molecule has 1 aliphatic heterocycles. The molecule has 0 unspecified atom stereocenters. The molecule has 0 aromatic carbocycles. The number of aliphatic hydroxyl groups excluding tert-OH is 1. The summed E-state index contributed by atoms with van der Waals surface area (Å²) in [5.41, 5.74) is 0. The van der Waals surface area contributed by atoms with E-state index in [0.29, 0.717) is 19.6 Å². The van der Waals surface area contributed by atoms with E-state index in [2.05, 4.69) is 0 Å². The summed E-state index contributed by atoms with van der Waals surface area (Å²) < 4.78 is 9.99. The van der Waals surface area contributed by atoms with Crippen molar-refractivity contribution in [3.63, 3.8) is 0 Å². The van der Waals surface area contributed by atoms with E-state index in [4.69, 9.17) is 14.6 Å². The van der Waals surface area contributed by atoms with E-state index < -0.39 is 0 Å². The van der Waals surface area contributed by atoms with E-state index in [1.54, 1.807) is 7.11 Å². The van der Waals surface area contributed by atoms with Gasteiger partial charge in [-0.1, -0.05) is 0 Å². The number of aliphatic hydroxyl groups is 1. The minimum absolute atomic E-state index is 0.112. The van der Waals surface area contributed by atoms with Gasteiger partial charge in [0, 0.05) is 13.7 Å². The lowest BCUT2D eigenvalue weighted by Gasteiger charge is -2.25. The van der Waals surface area contributed by atoms with Crippen LogP contribution in [0.2, 0.25) is 0 Å². The average molecular weight is 132 g/mol. The third kappa shape index (κ3) is 1.64. The molecule has 0 saturated carbocycles. The first-order valence-electron chi connectivity index (χ1n) is 3.13. The molecule has 0 aromatic heterocycles. The van der Waals surface area contributed by atoms with Gasteiger partial charge >= 0.3 is 0 Å². The molecule has 0 amide bonds. The fourth-order valence-corrected chi connectivity index (χ4v) is 0.926. The number of rotatable bonds is 1. The molecular weight excluding hydrogens is 120 g/mol. The summed E-state index contributed by atoms with van der Waals surface area (Å²) in [6, 6.07) is 0. The second-order valence-corrected chi connectivity index (χ2v) is 2.21.